The van der Waals surface area contributed by atoms with E-state index in [0.717, 1.165) is 19.3 Å². The van der Waals surface area contributed by atoms with E-state index in [0.29, 0.717) is 5.92 Å². The maximum Gasteiger partial charge on any atom is 0.312 e. The van der Waals surface area contributed by atoms with E-state index in [1.807, 2.05) is 12.2 Å². The number of esters is 1. The van der Waals surface area contributed by atoms with Crippen molar-refractivity contribution in [2.24, 2.45) is 23.0 Å². The van der Waals surface area contributed by atoms with Gasteiger partial charge in [-0.05, 0) is 25.2 Å². The fourth-order valence-electron chi connectivity index (χ4n) is 4.24. The summed E-state index contributed by atoms with van der Waals surface area (Å²) < 4.78 is 11.6. The van der Waals surface area contributed by atoms with Gasteiger partial charge in [0.05, 0.1) is 18.1 Å². The van der Waals surface area contributed by atoms with Crippen molar-refractivity contribution >= 4 is 5.97 Å². The molecule has 0 radical (unpaired) electrons. The summed E-state index contributed by atoms with van der Waals surface area (Å²) in [6, 6.07) is 0.212. The summed E-state index contributed by atoms with van der Waals surface area (Å²) >= 11 is 0. The van der Waals surface area contributed by atoms with Crippen molar-refractivity contribution in [3.8, 4) is 0 Å². The second kappa shape index (κ2) is 4.85. The first-order chi connectivity index (χ1) is 9.37. The van der Waals surface area contributed by atoms with Gasteiger partial charge in [-0.25, -0.2) is 0 Å². The zero-order valence-corrected chi connectivity index (χ0v) is 12.5. The first-order valence-electron chi connectivity index (χ1n) is 7.66. The zero-order chi connectivity index (χ0) is 14.5. The van der Waals surface area contributed by atoms with E-state index in [-0.39, 0.29) is 41.7 Å². The Balaban J connectivity index is 1.67. The highest BCUT2D eigenvalue weighted by Crippen LogP contribution is 2.42. The van der Waals surface area contributed by atoms with Crippen LogP contribution in [0.3, 0.4) is 0 Å². The van der Waals surface area contributed by atoms with Gasteiger partial charge in [0.1, 0.15) is 6.10 Å². The molecule has 0 spiro atoms. The van der Waals surface area contributed by atoms with Crippen LogP contribution in [0.2, 0.25) is 0 Å². The van der Waals surface area contributed by atoms with Crippen molar-refractivity contribution in [1.82, 2.24) is 0 Å². The Morgan fingerprint density at radius 1 is 1.35 bits per heavy atom. The topological polar surface area (TPSA) is 61.5 Å². The molecule has 4 nitrogen and oxygen atoms in total. The summed E-state index contributed by atoms with van der Waals surface area (Å²) in [5.74, 6) is 0.0959. The Morgan fingerprint density at radius 3 is 2.65 bits per heavy atom. The van der Waals surface area contributed by atoms with Gasteiger partial charge in [-0.2, -0.15) is 0 Å². The second-order valence-corrected chi connectivity index (χ2v) is 7.39. The molecule has 1 aliphatic carbocycles. The molecule has 2 aliphatic heterocycles. The Kier molecular flexibility index (Phi) is 3.41. The van der Waals surface area contributed by atoms with Crippen LogP contribution in [0.25, 0.3) is 0 Å². The molecule has 0 aromatic heterocycles. The Hall–Kier alpha value is -0.870. The molecule has 20 heavy (non-hydrogen) atoms. The third-order valence-electron chi connectivity index (χ3n) is 5.03. The second-order valence-electron chi connectivity index (χ2n) is 7.39. The van der Waals surface area contributed by atoms with Crippen LogP contribution in [-0.2, 0) is 14.3 Å². The van der Waals surface area contributed by atoms with Gasteiger partial charge < -0.3 is 15.2 Å². The first-order valence-corrected chi connectivity index (χ1v) is 7.66. The lowest BCUT2D eigenvalue weighted by Crippen LogP contribution is -2.49. The van der Waals surface area contributed by atoms with Crippen LogP contribution in [-0.4, -0.2) is 30.3 Å². The standard InChI is InChI=1S/C16H25NO3/c1-9-6-10(17)8-16(2,3)14(9)20-15(18)12-7-11-4-5-13(12)19-11/h4-5,9-14H,6-8,17H2,1-3H3. The molecular formula is C16H25NO3. The maximum atomic E-state index is 12.5. The van der Waals surface area contributed by atoms with Gasteiger partial charge in [-0.15, -0.1) is 0 Å². The molecule has 1 saturated heterocycles. The number of carbonyl (C=O) groups is 1. The van der Waals surface area contributed by atoms with Crippen LogP contribution in [0.4, 0.5) is 0 Å². The molecule has 6 atom stereocenters. The van der Waals surface area contributed by atoms with Crippen LogP contribution >= 0.6 is 0 Å². The van der Waals surface area contributed by atoms with Gasteiger partial charge in [0, 0.05) is 11.5 Å². The molecule has 0 amide bonds. The molecule has 3 aliphatic rings. The van der Waals surface area contributed by atoms with Crippen LogP contribution in [0.15, 0.2) is 12.2 Å². The molecular weight excluding hydrogens is 254 g/mol. The highest BCUT2D eigenvalue weighted by Gasteiger charge is 2.47. The Labute approximate surface area is 120 Å². The number of ether oxygens (including phenoxy) is 2. The minimum absolute atomic E-state index is 0.0436. The third-order valence-corrected chi connectivity index (χ3v) is 5.03. The van der Waals surface area contributed by atoms with E-state index in [1.54, 1.807) is 0 Å². The molecule has 2 heterocycles. The molecule has 1 saturated carbocycles. The largest absolute Gasteiger partial charge is 0.461 e. The van der Waals surface area contributed by atoms with Crippen LogP contribution in [0.1, 0.15) is 40.0 Å². The Morgan fingerprint density at radius 2 is 2.10 bits per heavy atom. The van der Waals surface area contributed by atoms with Gasteiger partial charge in [-0.3, -0.25) is 4.79 Å². The van der Waals surface area contributed by atoms with Crippen molar-refractivity contribution in [2.75, 3.05) is 0 Å². The monoisotopic (exact) mass is 279 g/mol. The molecule has 0 aromatic rings. The van der Waals surface area contributed by atoms with Gasteiger partial charge >= 0.3 is 5.97 Å². The predicted octanol–water partition coefficient (Wildman–Crippen LogP) is 2.03. The predicted molar refractivity (Wildman–Crippen MR) is 75.9 cm³/mol. The van der Waals surface area contributed by atoms with Crippen molar-refractivity contribution < 1.29 is 14.3 Å². The summed E-state index contributed by atoms with van der Waals surface area (Å²) in [4.78, 5) is 12.5. The summed E-state index contributed by atoms with van der Waals surface area (Å²) in [7, 11) is 0. The number of hydrogen-bond acceptors (Lipinski definition) is 4. The SMILES string of the molecule is CC1CC(N)CC(C)(C)C1OC(=O)C1CC2C=CC1O2. The van der Waals surface area contributed by atoms with E-state index in [2.05, 4.69) is 20.8 Å². The number of rotatable bonds is 2. The minimum atomic E-state index is -0.122. The fraction of sp³-hybridized carbons (Fsp3) is 0.812. The number of hydrogen-bond donors (Lipinski definition) is 1. The quantitative estimate of drug-likeness (QED) is 0.620. The Bertz CT molecular complexity index is 431. The highest BCUT2D eigenvalue weighted by atomic mass is 16.6. The van der Waals surface area contributed by atoms with Crippen molar-refractivity contribution in [1.29, 1.82) is 0 Å². The maximum absolute atomic E-state index is 12.5. The van der Waals surface area contributed by atoms with E-state index >= 15 is 0 Å². The fourth-order valence-corrected chi connectivity index (χ4v) is 4.24. The van der Waals surface area contributed by atoms with Gasteiger partial charge in [0.25, 0.3) is 0 Å². The van der Waals surface area contributed by atoms with Crippen molar-refractivity contribution in [3.63, 3.8) is 0 Å². The molecule has 3 rings (SSSR count). The lowest BCUT2D eigenvalue weighted by Gasteiger charge is -2.44. The summed E-state index contributed by atoms with van der Waals surface area (Å²) in [5.41, 5.74) is 6.04. The van der Waals surface area contributed by atoms with E-state index < -0.39 is 0 Å². The van der Waals surface area contributed by atoms with Crippen LogP contribution in [0.5, 0.6) is 0 Å². The third kappa shape index (κ3) is 2.40. The molecule has 2 N–H and O–H groups in total. The number of nitrogens with two attached hydrogens (primary N) is 1. The van der Waals surface area contributed by atoms with E-state index in [4.69, 9.17) is 15.2 Å². The lowest BCUT2D eigenvalue weighted by atomic mass is 9.68. The van der Waals surface area contributed by atoms with E-state index in [1.165, 1.54) is 0 Å². The lowest BCUT2D eigenvalue weighted by molar-refractivity contribution is -0.169. The smallest absolute Gasteiger partial charge is 0.312 e. The zero-order valence-electron chi connectivity index (χ0n) is 12.5. The normalized spacial score (nSPS) is 45.6. The number of carbonyl (C=O) groups excluding carboxylic acids is 1. The number of fused-ring (bicyclic) bond motifs is 2. The average molecular weight is 279 g/mol. The molecule has 112 valence electrons. The van der Waals surface area contributed by atoms with Crippen molar-refractivity contribution in [3.05, 3.63) is 12.2 Å². The summed E-state index contributed by atoms with van der Waals surface area (Å²) in [6.45, 7) is 6.44. The van der Waals surface area contributed by atoms with Crippen molar-refractivity contribution in [2.45, 2.75) is 64.4 Å². The van der Waals surface area contributed by atoms with Crippen LogP contribution < -0.4 is 5.73 Å². The van der Waals surface area contributed by atoms with Gasteiger partial charge in [-0.1, -0.05) is 32.9 Å². The van der Waals surface area contributed by atoms with Crippen LogP contribution in [0, 0.1) is 17.3 Å². The molecule has 2 fully saturated rings. The molecule has 2 bridgehead atoms. The minimum Gasteiger partial charge on any atom is -0.461 e. The van der Waals surface area contributed by atoms with E-state index in [9.17, 15) is 4.79 Å². The molecule has 4 heteroatoms. The highest BCUT2D eigenvalue weighted by molar-refractivity contribution is 5.74. The molecule has 6 unspecified atom stereocenters. The average Bonchev–Trinajstić information content (AvgIpc) is 2.94. The summed E-state index contributed by atoms with van der Waals surface area (Å²) in [6.07, 6.45) is 6.63. The van der Waals surface area contributed by atoms with Gasteiger partial charge in [0.15, 0.2) is 0 Å². The van der Waals surface area contributed by atoms with Gasteiger partial charge in [0.2, 0.25) is 0 Å². The first kappa shape index (κ1) is 14.1. The summed E-state index contributed by atoms with van der Waals surface area (Å²) in [5, 5.41) is 0. The molecule has 0 aromatic carbocycles.